The lowest BCUT2D eigenvalue weighted by molar-refractivity contribution is 0.0944. The van der Waals surface area contributed by atoms with Crippen molar-refractivity contribution in [2.75, 3.05) is 12.8 Å². The first-order valence-electron chi connectivity index (χ1n) is 6.88. The van der Waals surface area contributed by atoms with E-state index < -0.39 is 0 Å². The maximum absolute atomic E-state index is 12.2. The van der Waals surface area contributed by atoms with Crippen LogP contribution in [0.3, 0.4) is 0 Å². The molecule has 1 aliphatic rings. The van der Waals surface area contributed by atoms with Gasteiger partial charge >= 0.3 is 0 Å². The summed E-state index contributed by atoms with van der Waals surface area (Å²) in [4.78, 5) is 12.2. The Labute approximate surface area is 132 Å². The van der Waals surface area contributed by atoms with Crippen molar-refractivity contribution in [1.29, 1.82) is 0 Å². The number of phenolic OH excluding ortho intramolecular Hbond substituents is 1. The van der Waals surface area contributed by atoms with Gasteiger partial charge in [-0.25, -0.2) is 0 Å². The fourth-order valence-corrected chi connectivity index (χ4v) is 3.95. The van der Waals surface area contributed by atoms with Crippen LogP contribution in [0.4, 0.5) is 0 Å². The summed E-state index contributed by atoms with van der Waals surface area (Å²) in [5, 5.41) is 12.8. The number of hydrogen-bond donors (Lipinski definition) is 2. The average molecular weight is 358 g/mol. The van der Waals surface area contributed by atoms with Gasteiger partial charge in [0.05, 0.1) is 5.56 Å². The third-order valence-corrected chi connectivity index (χ3v) is 5.88. The summed E-state index contributed by atoms with van der Waals surface area (Å²) in [5.74, 6) is -0.185. The maximum atomic E-state index is 12.2. The van der Waals surface area contributed by atoms with Gasteiger partial charge in [0.15, 0.2) is 0 Å². The molecule has 2 N–H and O–H groups in total. The van der Waals surface area contributed by atoms with Gasteiger partial charge in [-0.3, -0.25) is 4.79 Å². The van der Waals surface area contributed by atoms with Gasteiger partial charge in [-0.2, -0.15) is 11.8 Å². The number of benzene rings is 1. The predicted octanol–water partition coefficient (Wildman–Crippen LogP) is 3.95. The molecule has 1 aromatic rings. The first-order valence-corrected chi connectivity index (χ1v) is 8.90. The molecule has 5 heteroatoms. The second-order valence-corrected chi connectivity index (χ2v) is 7.48. The minimum absolute atomic E-state index is 0.0209. The zero-order chi connectivity index (χ0) is 14.6. The van der Waals surface area contributed by atoms with Crippen LogP contribution in [0, 0.1) is 0 Å². The highest BCUT2D eigenvalue weighted by Gasteiger charge is 2.31. The largest absolute Gasteiger partial charge is 0.507 e. The van der Waals surface area contributed by atoms with Crippen LogP contribution in [0.5, 0.6) is 5.75 Å². The molecule has 2 rings (SSSR count). The molecule has 0 aliphatic heterocycles. The van der Waals surface area contributed by atoms with E-state index in [1.807, 2.05) is 11.8 Å². The van der Waals surface area contributed by atoms with E-state index in [2.05, 4.69) is 27.5 Å². The molecule has 1 aromatic carbocycles. The fourth-order valence-electron chi connectivity index (χ4n) is 2.68. The van der Waals surface area contributed by atoms with Gasteiger partial charge in [0.25, 0.3) is 5.91 Å². The van der Waals surface area contributed by atoms with Gasteiger partial charge in [0.1, 0.15) is 5.75 Å². The van der Waals surface area contributed by atoms with Crippen LogP contribution in [0.2, 0.25) is 0 Å². The molecule has 0 radical (unpaired) electrons. The van der Waals surface area contributed by atoms with Crippen molar-refractivity contribution < 1.29 is 9.90 Å². The van der Waals surface area contributed by atoms with Crippen molar-refractivity contribution in [3.05, 3.63) is 28.2 Å². The highest BCUT2D eigenvalue weighted by molar-refractivity contribution is 9.10. The smallest absolute Gasteiger partial charge is 0.255 e. The molecule has 20 heavy (non-hydrogen) atoms. The number of carbonyl (C=O) groups is 1. The Kier molecular flexibility index (Phi) is 5.38. The summed E-state index contributed by atoms with van der Waals surface area (Å²) >= 11 is 5.17. The van der Waals surface area contributed by atoms with Crippen LogP contribution in [0.25, 0.3) is 0 Å². The molecule has 0 saturated heterocycles. The van der Waals surface area contributed by atoms with E-state index in [0.717, 1.165) is 17.3 Å². The van der Waals surface area contributed by atoms with Crippen LogP contribution >= 0.6 is 27.7 Å². The summed E-state index contributed by atoms with van der Waals surface area (Å²) in [6, 6.07) is 4.90. The molecule has 0 heterocycles. The molecule has 3 nitrogen and oxygen atoms in total. The number of amides is 1. The number of phenols is 1. The first-order chi connectivity index (χ1) is 9.56. The zero-order valence-corrected chi connectivity index (χ0v) is 14.0. The predicted molar refractivity (Wildman–Crippen MR) is 87.5 cm³/mol. The SMILES string of the molecule is CSC1(CNC(=O)c2cc(Br)ccc2O)CCCCC1. The van der Waals surface area contributed by atoms with Crippen LogP contribution < -0.4 is 5.32 Å². The monoisotopic (exact) mass is 357 g/mol. The van der Waals surface area contributed by atoms with Crippen molar-refractivity contribution in [3.63, 3.8) is 0 Å². The summed E-state index contributed by atoms with van der Waals surface area (Å²) in [6.45, 7) is 0.666. The number of thioether (sulfide) groups is 1. The average Bonchev–Trinajstić information content (AvgIpc) is 2.48. The normalized spacial score (nSPS) is 17.7. The molecule has 0 atom stereocenters. The van der Waals surface area contributed by atoms with Crippen LogP contribution in [-0.4, -0.2) is 28.6 Å². The summed E-state index contributed by atoms with van der Waals surface area (Å²) in [6.07, 6.45) is 8.19. The molecule has 0 unspecified atom stereocenters. The van der Waals surface area contributed by atoms with Crippen molar-refractivity contribution in [3.8, 4) is 5.75 Å². The van der Waals surface area contributed by atoms with Crippen molar-refractivity contribution in [2.24, 2.45) is 0 Å². The molecule has 1 amide bonds. The van der Waals surface area contributed by atoms with Crippen molar-refractivity contribution in [2.45, 2.75) is 36.9 Å². The van der Waals surface area contributed by atoms with Crippen molar-refractivity contribution >= 4 is 33.6 Å². The Morgan fingerprint density at radius 2 is 2.10 bits per heavy atom. The zero-order valence-electron chi connectivity index (χ0n) is 11.6. The highest BCUT2D eigenvalue weighted by Crippen LogP contribution is 2.38. The number of halogens is 1. The van der Waals surface area contributed by atoms with Gasteiger partial charge in [-0.05, 0) is 37.3 Å². The van der Waals surface area contributed by atoms with Gasteiger partial charge in [-0.15, -0.1) is 0 Å². The standard InChI is InChI=1S/C15H20BrNO2S/c1-20-15(7-3-2-4-8-15)10-17-14(19)12-9-11(16)5-6-13(12)18/h5-6,9,18H,2-4,7-8,10H2,1H3,(H,17,19). The van der Waals surface area contributed by atoms with E-state index in [-0.39, 0.29) is 16.4 Å². The lowest BCUT2D eigenvalue weighted by Gasteiger charge is -2.35. The first kappa shape index (κ1) is 15.7. The lowest BCUT2D eigenvalue weighted by Crippen LogP contribution is -2.41. The van der Waals surface area contributed by atoms with Crippen LogP contribution in [-0.2, 0) is 0 Å². The van der Waals surface area contributed by atoms with E-state index in [0.29, 0.717) is 12.1 Å². The number of hydrogen-bond acceptors (Lipinski definition) is 3. The van der Waals surface area contributed by atoms with Crippen molar-refractivity contribution in [1.82, 2.24) is 5.32 Å². The topological polar surface area (TPSA) is 49.3 Å². The number of carbonyl (C=O) groups excluding carboxylic acids is 1. The lowest BCUT2D eigenvalue weighted by atomic mass is 9.88. The van der Waals surface area contributed by atoms with Gasteiger partial charge < -0.3 is 10.4 Å². The second kappa shape index (κ2) is 6.85. The molecule has 0 aromatic heterocycles. The molecule has 1 aliphatic carbocycles. The number of nitrogens with one attached hydrogen (secondary N) is 1. The summed E-state index contributed by atoms with van der Waals surface area (Å²) < 4.78 is 0.952. The van der Waals surface area contributed by atoms with Gasteiger partial charge in [0.2, 0.25) is 0 Å². The van der Waals surface area contributed by atoms with E-state index in [1.54, 1.807) is 12.1 Å². The number of aromatic hydroxyl groups is 1. The Bertz CT molecular complexity index is 487. The van der Waals surface area contributed by atoms with Crippen LogP contribution in [0.15, 0.2) is 22.7 Å². The molecule has 110 valence electrons. The summed E-state index contributed by atoms with van der Waals surface area (Å²) in [5.41, 5.74) is 0.325. The van der Waals surface area contributed by atoms with Gasteiger partial charge in [0, 0.05) is 15.8 Å². The third-order valence-electron chi connectivity index (χ3n) is 3.97. The van der Waals surface area contributed by atoms with E-state index in [4.69, 9.17) is 0 Å². The van der Waals surface area contributed by atoms with E-state index in [1.165, 1.54) is 25.3 Å². The highest BCUT2D eigenvalue weighted by atomic mass is 79.9. The quantitative estimate of drug-likeness (QED) is 0.857. The maximum Gasteiger partial charge on any atom is 0.255 e. The van der Waals surface area contributed by atoms with E-state index in [9.17, 15) is 9.90 Å². The minimum Gasteiger partial charge on any atom is -0.507 e. The molecule has 1 fully saturated rings. The molecular weight excluding hydrogens is 338 g/mol. The minimum atomic E-state index is -0.206. The second-order valence-electron chi connectivity index (χ2n) is 5.29. The molecule has 1 saturated carbocycles. The third kappa shape index (κ3) is 3.70. The Morgan fingerprint density at radius 1 is 1.40 bits per heavy atom. The van der Waals surface area contributed by atoms with E-state index >= 15 is 0 Å². The Morgan fingerprint density at radius 3 is 2.75 bits per heavy atom. The summed E-state index contributed by atoms with van der Waals surface area (Å²) in [7, 11) is 0. The molecule has 0 spiro atoms. The van der Waals surface area contributed by atoms with Gasteiger partial charge in [-0.1, -0.05) is 35.2 Å². The molecule has 0 bridgehead atoms. The van der Waals surface area contributed by atoms with Crippen LogP contribution in [0.1, 0.15) is 42.5 Å². The molecular formula is C15H20BrNO2S. The fraction of sp³-hybridized carbons (Fsp3) is 0.533. The Hall–Kier alpha value is -0.680. The number of rotatable bonds is 4. The Balaban J connectivity index is 2.02.